The molecule has 0 radical (unpaired) electrons. The van der Waals surface area contributed by atoms with Gasteiger partial charge in [0.25, 0.3) is 0 Å². The first-order valence-electron chi connectivity index (χ1n) is 5.12. The average Bonchev–Trinajstić information content (AvgIpc) is 2.61. The molecule has 0 spiro atoms. The van der Waals surface area contributed by atoms with Crippen molar-refractivity contribution in [2.75, 3.05) is 0 Å². The van der Waals surface area contributed by atoms with E-state index in [1.54, 1.807) is 6.08 Å². The van der Waals surface area contributed by atoms with Gasteiger partial charge in [0.15, 0.2) is 0 Å². The van der Waals surface area contributed by atoms with Gasteiger partial charge in [-0.3, -0.25) is 0 Å². The number of hydrogen-bond donors (Lipinski definition) is 2. The molecule has 0 saturated heterocycles. The highest BCUT2D eigenvalue weighted by molar-refractivity contribution is 7.80. The summed E-state index contributed by atoms with van der Waals surface area (Å²) in [6.07, 6.45) is 1.73. The molecule has 0 aliphatic rings. The molecule has 0 atom stereocenters. The Hall–Kier alpha value is -2.12. The van der Waals surface area contributed by atoms with Crippen molar-refractivity contribution in [3.63, 3.8) is 0 Å². The van der Waals surface area contributed by atoms with Crippen LogP contribution in [-0.4, -0.2) is 9.97 Å². The number of benzene rings is 1. The van der Waals surface area contributed by atoms with Crippen molar-refractivity contribution in [3.05, 3.63) is 41.1 Å². The Balaban J connectivity index is 2.68. The molecule has 1 heterocycles. The van der Waals surface area contributed by atoms with E-state index in [1.807, 2.05) is 37.3 Å². The number of rotatable bonds is 2. The van der Waals surface area contributed by atoms with Crippen molar-refractivity contribution in [2.45, 2.75) is 6.92 Å². The summed E-state index contributed by atoms with van der Waals surface area (Å²) in [5.41, 5.74) is 8.81. The molecule has 0 aliphatic carbocycles. The number of aromatic amines is 1. The molecule has 1 aromatic heterocycles. The third kappa shape index (κ3) is 2.05. The van der Waals surface area contributed by atoms with Crippen LogP contribution in [0.15, 0.2) is 29.8 Å². The number of H-pyrrole nitrogens is 1. The van der Waals surface area contributed by atoms with E-state index in [0.717, 1.165) is 22.2 Å². The largest absolute Gasteiger partial charge is 0.389 e. The third-order valence-corrected chi connectivity index (χ3v) is 2.84. The van der Waals surface area contributed by atoms with Crippen molar-refractivity contribution >= 4 is 34.2 Å². The quantitative estimate of drug-likeness (QED) is 0.482. The fourth-order valence-electron chi connectivity index (χ4n) is 1.79. The summed E-state index contributed by atoms with van der Waals surface area (Å²) < 4.78 is 0. The summed E-state index contributed by atoms with van der Waals surface area (Å²) in [4.78, 5) is 3.38. The molecule has 84 valence electrons. The lowest BCUT2D eigenvalue weighted by molar-refractivity contribution is 1.29. The Morgan fingerprint density at radius 2 is 2.18 bits per heavy atom. The van der Waals surface area contributed by atoms with Gasteiger partial charge < -0.3 is 10.7 Å². The normalized spacial score (nSPS) is 11.4. The minimum absolute atomic E-state index is 0.122. The molecular weight excluding hydrogens is 230 g/mol. The second kappa shape index (κ2) is 4.40. The van der Waals surface area contributed by atoms with Crippen LogP contribution in [0.4, 0.5) is 0 Å². The zero-order chi connectivity index (χ0) is 12.4. The van der Waals surface area contributed by atoms with Crippen LogP contribution in [-0.2, 0) is 0 Å². The number of thiocarbonyl (C=S) groups is 1. The summed E-state index contributed by atoms with van der Waals surface area (Å²) in [5, 5.41) is 10.0. The first-order chi connectivity index (χ1) is 8.13. The number of hydrogen-bond acceptors (Lipinski definition) is 2. The predicted octanol–water partition coefficient (Wildman–Crippen LogP) is 2.67. The van der Waals surface area contributed by atoms with Crippen LogP contribution >= 0.6 is 12.2 Å². The minimum Gasteiger partial charge on any atom is -0.389 e. The Bertz CT molecular complexity index is 659. The molecule has 0 aliphatic heterocycles. The molecule has 3 N–H and O–H groups in total. The van der Waals surface area contributed by atoms with Gasteiger partial charge in [-0.05, 0) is 19.1 Å². The molecule has 0 amide bonds. The zero-order valence-electron chi connectivity index (χ0n) is 9.32. The molecule has 1 aromatic carbocycles. The van der Waals surface area contributed by atoms with Crippen molar-refractivity contribution in [1.82, 2.24) is 4.98 Å². The van der Waals surface area contributed by atoms with Crippen LogP contribution in [0, 0.1) is 18.3 Å². The van der Waals surface area contributed by atoms with E-state index in [-0.39, 0.29) is 4.99 Å². The molecule has 4 heteroatoms. The lowest BCUT2D eigenvalue weighted by Crippen LogP contribution is -2.09. The summed E-state index contributed by atoms with van der Waals surface area (Å²) in [7, 11) is 0. The Labute approximate surface area is 105 Å². The average molecular weight is 241 g/mol. The SMILES string of the molecule is Cc1[nH]c2ccccc2c1C=C(C#N)C(N)=S. The van der Waals surface area contributed by atoms with Crippen LogP contribution in [0.2, 0.25) is 0 Å². The van der Waals surface area contributed by atoms with Crippen LogP contribution < -0.4 is 5.73 Å². The standard InChI is InChI=1S/C13H11N3S/c1-8-11(6-9(7-14)13(15)17)10-4-2-3-5-12(10)16-8/h2-6,16H,1H3,(H2,15,17). The molecule has 0 bridgehead atoms. The van der Waals surface area contributed by atoms with Gasteiger partial charge in [0.05, 0.1) is 5.57 Å². The highest BCUT2D eigenvalue weighted by Crippen LogP contribution is 2.24. The van der Waals surface area contributed by atoms with Crippen LogP contribution in [0.25, 0.3) is 17.0 Å². The summed E-state index contributed by atoms with van der Waals surface area (Å²) in [5.74, 6) is 0. The maximum Gasteiger partial charge on any atom is 0.114 e. The zero-order valence-corrected chi connectivity index (χ0v) is 10.1. The molecule has 2 rings (SSSR count). The smallest absolute Gasteiger partial charge is 0.114 e. The fraction of sp³-hybridized carbons (Fsp3) is 0.0769. The van der Waals surface area contributed by atoms with Crippen LogP contribution in [0.5, 0.6) is 0 Å². The van der Waals surface area contributed by atoms with Gasteiger partial charge in [-0.15, -0.1) is 0 Å². The van der Waals surface area contributed by atoms with Crippen molar-refractivity contribution in [2.24, 2.45) is 5.73 Å². The van der Waals surface area contributed by atoms with E-state index < -0.39 is 0 Å². The van der Waals surface area contributed by atoms with Crippen molar-refractivity contribution in [3.8, 4) is 6.07 Å². The lowest BCUT2D eigenvalue weighted by Gasteiger charge is -1.96. The number of aryl methyl sites for hydroxylation is 1. The van der Waals surface area contributed by atoms with Crippen molar-refractivity contribution in [1.29, 1.82) is 5.26 Å². The van der Waals surface area contributed by atoms with Gasteiger partial charge in [0.2, 0.25) is 0 Å². The summed E-state index contributed by atoms with van der Waals surface area (Å²) in [6.45, 7) is 1.96. The molecule has 3 nitrogen and oxygen atoms in total. The Morgan fingerprint density at radius 3 is 2.82 bits per heavy atom. The van der Waals surface area contributed by atoms with E-state index in [1.165, 1.54) is 0 Å². The summed E-state index contributed by atoms with van der Waals surface area (Å²) >= 11 is 4.83. The van der Waals surface area contributed by atoms with E-state index in [9.17, 15) is 0 Å². The van der Waals surface area contributed by atoms with Gasteiger partial charge in [-0.1, -0.05) is 30.4 Å². The molecule has 0 unspecified atom stereocenters. The molecule has 0 fully saturated rings. The number of aromatic nitrogens is 1. The van der Waals surface area contributed by atoms with Crippen LogP contribution in [0.3, 0.4) is 0 Å². The van der Waals surface area contributed by atoms with E-state index in [4.69, 9.17) is 23.2 Å². The van der Waals surface area contributed by atoms with Gasteiger partial charge in [-0.25, -0.2) is 0 Å². The molecule has 0 saturated carbocycles. The summed E-state index contributed by atoms with van der Waals surface area (Å²) in [6, 6.07) is 9.93. The number of nitrogens with one attached hydrogen (secondary N) is 1. The second-order valence-corrected chi connectivity index (χ2v) is 4.18. The number of nitriles is 1. The first kappa shape index (κ1) is 11.4. The Morgan fingerprint density at radius 1 is 1.47 bits per heavy atom. The topological polar surface area (TPSA) is 65.6 Å². The maximum atomic E-state index is 8.96. The number of para-hydroxylation sites is 1. The van der Waals surface area contributed by atoms with E-state index in [0.29, 0.717) is 5.57 Å². The van der Waals surface area contributed by atoms with Gasteiger partial charge >= 0.3 is 0 Å². The molecular formula is C13H11N3S. The van der Waals surface area contributed by atoms with E-state index >= 15 is 0 Å². The fourth-order valence-corrected chi connectivity index (χ4v) is 1.89. The number of nitrogens with two attached hydrogens (primary N) is 1. The third-order valence-electron chi connectivity index (χ3n) is 2.62. The number of fused-ring (bicyclic) bond motifs is 1. The maximum absolute atomic E-state index is 8.96. The highest BCUT2D eigenvalue weighted by Gasteiger charge is 2.07. The predicted molar refractivity (Wildman–Crippen MR) is 73.4 cm³/mol. The van der Waals surface area contributed by atoms with Crippen molar-refractivity contribution < 1.29 is 0 Å². The monoisotopic (exact) mass is 241 g/mol. The molecule has 2 aromatic rings. The van der Waals surface area contributed by atoms with Gasteiger partial charge in [0, 0.05) is 22.2 Å². The number of nitrogens with zero attached hydrogens (tertiary/aromatic N) is 1. The molecule has 17 heavy (non-hydrogen) atoms. The van der Waals surface area contributed by atoms with E-state index in [2.05, 4.69) is 4.98 Å². The first-order valence-corrected chi connectivity index (χ1v) is 5.53. The second-order valence-electron chi connectivity index (χ2n) is 3.74. The lowest BCUT2D eigenvalue weighted by atomic mass is 10.1. The van der Waals surface area contributed by atoms with Crippen LogP contribution in [0.1, 0.15) is 11.3 Å². The van der Waals surface area contributed by atoms with Gasteiger partial charge in [-0.2, -0.15) is 5.26 Å². The van der Waals surface area contributed by atoms with Gasteiger partial charge in [0.1, 0.15) is 11.1 Å². The minimum atomic E-state index is 0.122. The Kier molecular flexibility index (Phi) is 2.94. The highest BCUT2D eigenvalue weighted by atomic mass is 32.1.